The van der Waals surface area contributed by atoms with Gasteiger partial charge in [0, 0.05) is 12.3 Å². The van der Waals surface area contributed by atoms with E-state index in [-0.39, 0.29) is 0 Å². The number of alkyl halides is 1. The zero-order chi connectivity index (χ0) is 9.78. The third-order valence-corrected chi connectivity index (χ3v) is 2.47. The smallest absolute Gasteiger partial charge is 0.119 e. The highest BCUT2D eigenvalue weighted by Crippen LogP contribution is 2.09. The molecule has 0 saturated heterocycles. The first-order chi connectivity index (χ1) is 6.41. The van der Waals surface area contributed by atoms with Gasteiger partial charge in [0.2, 0.25) is 0 Å². The molecule has 0 aliphatic rings. The maximum absolute atomic E-state index is 10.00. The van der Waals surface area contributed by atoms with Gasteiger partial charge in [0.1, 0.15) is 6.29 Å². The van der Waals surface area contributed by atoms with Crippen LogP contribution in [-0.4, -0.2) is 12.2 Å². The molecule has 0 bridgehead atoms. The fourth-order valence-corrected chi connectivity index (χ4v) is 1.57. The SMILES string of the molecule is O=CCCCCCCCCCCCl. The number of aldehydes is 1. The maximum Gasteiger partial charge on any atom is 0.119 e. The Balaban J connectivity index is 2.79. The van der Waals surface area contributed by atoms with Crippen molar-refractivity contribution in [3.63, 3.8) is 0 Å². The Morgan fingerprint density at radius 3 is 1.69 bits per heavy atom. The van der Waals surface area contributed by atoms with E-state index in [0.717, 1.165) is 31.4 Å². The van der Waals surface area contributed by atoms with E-state index >= 15 is 0 Å². The van der Waals surface area contributed by atoms with Gasteiger partial charge < -0.3 is 4.79 Å². The highest BCUT2D eigenvalue weighted by Gasteiger charge is 1.91. The van der Waals surface area contributed by atoms with Crippen LogP contribution < -0.4 is 0 Å². The molecular weight excluding hydrogens is 184 g/mol. The van der Waals surface area contributed by atoms with Crippen LogP contribution in [0.2, 0.25) is 0 Å². The van der Waals surface area contributed by atoms with E-state index in [0.29, 0.717) is 0 Å². The Labute approximate surface area is 86.9 Å². The van der Waals surface area contributed by atoms with Crippen molar-refractivity contribution in [3.8, 4) is 0 Å². The largest absolute Gasteiger partial charge is 0.303 e. The Hall–Kier alpha value is -0.0400. The van der Waals surface area contributed by atoms with Crippen molar-refractivity contribution >= 4 is 17.9 Å². The van der Waals surface area contributed by atoms with E-state index in [9.17, 15) is 4.79 Å². The maximum atomic E-state index is 10.00. The average molecular weight is 205 g/mol. The summed E-state index contributed by atoms with van der Waals surface area (Å²) in [7, 11) is 0. The van der Waals surface area contributed by atoms with Gasteiger partial charge in [-0.15, -0.1) is 11.6 Å². The van der Waals surface area contributed by atoms with Gasteiger partial charge in [-0.05, 0) is 12.8 Å². The second kappa shape index (κ2) is 12.0. The first-order valence-electron chi connectivity index (χ1n) is 5.41. The van der Waals surface area contributed by atoms with Crippen LogP contribution in [0.25, 0.3) is 0 Å². The minimum Gasteiger partial charge on any atom is -0.303 e. The van der Waals surface area contributed by atoms with Crippen LogP contribution in [-0.2, 0) is 4.79 Å². The van der Waals surface area contributed by atoms with E-state index in [1.165, 1.54) is 38.5 Å². The van der Waals surface area contributed by atoms with E-state index in [4.69, 9.17) is 11.6 Å². The topological polar surface area (TPSA) is 17.1 Å². The summed E-state index contributed by atoms with van der Waals surface area (Å²) in [5.74, 6) is 0.805. The summed E-state index contributed by atoms with van der Waals surface area (Å²) in [4.78, 5) is 10.00. The van der Waals surface area contributed by atoms with Crippen LogP contribution >= 0.6 is 11.6 Å². The van der Waals surface area contributed by atoms with Crippen LogP contribution in [0.15, 0.2) is 0 Å². The predicted molar refractivity (Wildman–Crippen MR) is 58.3 cm³/mol. The summed E-state index contributed by atoms with van der Waals surface area (Å²) < 4.78 is 0. The summed E-state index contributed by atoms with van der Waals surface area (Å²) in [6.45, 7) is 0. The number of carbonyl (C=O) groups is 1. The third-order valence-electron chi connectivity index (χ3n) is 2.21. The molecule has 1 nitrogen and oxygen atoms in total. The molecule has 0 radical (unpaired) electrons. The molecule has 0 heterocycles. The molecule has 13 heavy (non-hydrogen) atoms. The average Bonchev–Trinajstić information content (AvgIpc) is 2.16. The molecular formula is C11H21ClO. The lowest BCUT2D eigenvalue weighted by molar-refractivity contribution is -0.107. The minimum atomic E-state index is 0.742. The Morgan fingerprint density at radius 2 is 1.23 bits per heavy atom. The molecule has 0 aromatic rings. The molecule has 0 aliphatic heterocycles. The Bertz CT molecular complexity index is 104. The molecule has 0 N–H and O–H groups in total. The number of hydrogen-bond donors (Lipinski definition) is 0. The summed E-state index contributed by atoms with van der Waals surface area (Å²) in [5, 5.41) is 0. The van der Waals surface area contributed by atoms with Crippen molar-refractivity contribution in [2.45, 2.75) is 57.8 Å². The Morgan fingerprint density at radius 1 is 0.769 bits per heavy atom. The second-order valence-corrected chi connectivity index (χ2v) is 3.85. The zero-order valence-electron chi connectivity index (χ0n) is 8.43. The summed E-state index contributed by atoms with van der Waals surface area (Å²) in [6.07, 6.45) is 11.7. The highest BCUT2D eigenvalue weighted by atomic mass is 35.5. The van der Waals surface area contributed by atoms with E-state index < -0.39 is 0 Å². The molecule has 78 valence electrons. The van der Waals surface area contributed by atoms with Crippen molar-refractivity contribution in [3.05, 3.63) is 0 Å². The van der Waals surface area contributed by atoms with E-state index in [2.05, 4.69) is 0 Å². The number of hydrogen-bond acceptors (Lipinski definition) is 1. The fraction of sp³-hybridized carbons (Fsp3) is 0.909. The van der Waals surface area contributed by atoms with Crippen LogP contribution in [0.5, 0.6) is 0 Å². The van der Waals surface area contributed by atoms with Gasteiger partial charge in [-0.1, -0.05) is 38.5 Å². The van der Waals surface area contributed by atoms with Crippen molar-refractivity contribution < 1.29 is 4.79 Å². The number of halogens is 1. The van der Waals surface area contributed by atoms with Gasteiger partial charge in [0.25, 0.3) is 0 Å². The van der Waals surface area contributed by atoms with Crippen LogP contribution in [0.1, 0.15) is 57.8 Å². The van der Waals surface area contributed by atoms with Crippen molar-refractivity contribution in [1.82, 2.24) is 0 Å². The van der Waals surface area contributed by atoms with Gasteiger partial charge in [-0.2, -0.15) is 0 Å². The van der Waals surface area contributed by atoms with Crippen molar-refractivity contribution in [2.75, 3.05) is 5.88 Å². The highest BCUT2D eigenvalue weighted by molar-refractivity contribution is 6.17. The first kappa shape index (κ1) is 13.0. The standard InChI is InChI=1S/C11H21ClO/c12-10-8-6-4-2-1-3-5-7-9-11-13/h11H,1-10H2. The predicted octanol–water partition coefficient (Wildman–Crippen LogP) is 3.94. The van der Waals surface area contributed by atoms with Gasteiger partial charge in [0.15, 0.2) is 0 Å². The van der Waals surface area contributed by atoms with E-state index in [1.807, 2.05) is 0 Å². The minimum absolute atomic E-state index is 0.742. The Kier molecular flexibility index (Phi) is 11.9. The van der Waals surface area contributed by atoms with Gasteiger partial charge in [0.05, 0.1) is 0 Å². The number of unbranched alkanes of at least 4 members (excludes halogenated alkanes) is 8. The molecule has 0 amide bonds. The molecule has 0 fully saturated rings. The lowest BCUT2D eigenvalue weighted by atomic mass is 10.1. The third kappa shape index (κ3) is 12.0. The first-order valence-corrected chi connectivity index (χ1v) is 5.95. The monoisotopic (exact) mass is 204 g/mol. The van der Waals surface area contributed by atoms with Crippen molar-refractivity contribution in [2.24, 2.45) is 0 Å². The molecule has 0 atom stereocenters. The molecule has 0 aromatic carbocycles. The second-order valence-electron chi connectivity index (χ2n) is 3.47. The molecule has 0 rings (SSSR count). The zero-order valence-corrected chi connectivity index (χ0v) is 9.19. The van der Waals surface area contributed by atoms with Crippen molar-refractivity contribution in [1.29, 1.82) is 0 Å². The summed E-state index contributed by atoms with van der Waals surface area (Å²) in [5.41, 5.74) is 0. The quantitative estimate of drug-likeness (QED) is 0.299. The molecule has 0 aromatic heterocycles. The number of rotatable bonds is 10. The number of carbonyl (C=O) groups excluding carboxylic acids is 1. The fourth-order valence-electron chi connectivity index (χ4n) is 1.38. The van der Waals surface area contributed by atoms with Gasteiger partial charge in [-0.25, -0.2) is 0 Å². The van der Waals surface area contributed by atoms with Crippen LogP contribution in [0.4, 0.5) is 0 Å². The lowest BCUT2D eigenvalue weighted by Crippen LogP contribution is -1.82. The lowest BCUT2D eigenvalue weighted by Gasteiger charge is -1.99. The summed E-state index contributed by atoms with van der Waals surface area (Å²) >= 11 is 5.57. The molecule has 0 aliphatic carbocycles. The van der Waals surface area contributed by atoms with Crippen LogP contribution in [0.3, 0.4) is 0 Å². The molecule has 2 heteroatoms. The summed E-state index contributed by atoms with van der Waals surface area (Å²) in [6, 6.07) is 0. The van der Waals surface area contributed by atoms with E-state index in [1.54, 1.807) is 0 Å². The van der Waals surface area contributed by atoms with Crippen LogP contribution in [0, 0.1) is 0 Å². The molecule has 0 saturated carbocycles. The van der Waals surface area contributed by atoms with Gasteiger partial charge in [-0.3, -0.25) is 0 Å². The normalized spacial score (nSPS) is 10.2. The molecule has 0 unspecified atom stereocenters. The molecule has 0 spiro atoms. The van der Waals surface area contributed by atoms with Gasteiger partial charge >= 0.3 is 0 Å².